The maximum atomic E-state index is 16.0. The maximum absolute atomic E-state index is 16.0. The van der Waals surface area contributed by atoms with Gasteiger partial charge in [0.15, 0.2) is 5.82 Å². The summed E-state index contributed by atoms with van der Waals surface area (Å²) in [5.74, 6) is 1.61. The van der Waals surface area contributed by atoms with Crippen molar-refractivity contribution in [3.8, 4) is 23.0 Å². The lowest BCUT2D eigenvalue weighted by atomic mass is 9.95. The molecule has 0 radical (unpaired) electrons. The lowest BCUT2D eigenvalue weighted by Crippen LogP contribution is -2.43. The number of ether oxygens (including phenoxy) is 1. The highest BCUT2D eigenvalue weighted by molar-refractivity contribution is 5.92. The topological polar surface area (TPSA) is 74.6 Å². The Hall–Kier alpha value is -3.00. The number of aromatic hydroxyl groups is 1. The number of pyridine rings is 1. The Morgan fingerprint density at radius 2 is 1.86 bits per heavy atom. The Morgan fingerprint density at radius 3 is 2.61 bits per heavy atom. The average Bonchev–Trinajstić information content (AvgIpc) is 3.56. The second-order valence-corrected chi connectivity index (χ2v) is 11.2. The number of fused-ring (bicyclic) bond motifs is 4. The molecular formula is C28H32FN5O2. The van der Waals surface area contributed by atoms with Gasteiger partial charge in [0, 0.05) is 24.8 Å². The van der Waals surface area contributed by atoms with Gasteiger partial charge in [0.2, 0.25) is 0 Å². The van der Waals surface area contributed by atoms with Crippen LogP contribution in [-0.4, -0.2) is 63.3 Å². The molecule has 188 valence electrons. The molecule has 2 bridgehead atoms. The third kappa shape index (κ3) is 3.69. The highest BCUT2D eigenvalue weighted by Gasteiger charge is 2.45. The maximum Gasteiger partial charge on any atom is 0.319 e. The number of phenols is 1. The lowest BCUT2D eigenvalue weighted by Gasteiger charge is -2.34. The van der Waals surface area contributed by atoms with Gasteiger partial charge in [-0.25, -0.2) is 4.39 Å². The number of piperidine rings is 1. The number of benzene rings is 1. The molecule has 1 aliphatic carbocycles. The van der Waals surface area contributed by atoms with Crippen LogP contribution in [0.1, 0.15) is 44.9 Å². The zero-order valence-electron chi connectivity index (χ0n) is 20.5. The summed E-state index contributed by atoms with van der Waals surface area (Å²) in [6.07, 6.45) is 10.1. The average molecular weight is 490 g/mol. The second-order valence-electron chi connectivity index (χ2n) is 11.2. The molecule has 2 atom stereocenters. The van der Waals surface area contributed by atoms with Crippen molar-refractivity contribution in [2.75, 3.05) is 37.7 Å². The molecule has 3 saturated heterocycles. The third-order valence-corrected chi connectivity index (χ3v) is 8.95. The van der Waals surface area contributed by atoms with Gasteiger partial charge in [-0.1, -0.05) is 12.1 Å². The molecule has 5 heterocycles. The Balaban J connectivity index is 1.30. The molecule has 36 heavy (non-hydrogen) atoms. The summed E-state index contributed by atoms with van der Waals surface area (Å²) in [5, 5.41) is 10.6. The molecule has 4 fully saturated rings. The van der Waals surface area contributed by atoms with Crippen molar-refractivity contribution in [3.05, 3.63) is 36.3 Å². The number of hydrogen-bond donors (Lipinski definition) is 1. The number of aromatic nitrogens is 3. The summed E-state index contributed by atoms with van der Waals surface area (Å²) in [6, 6.07) is 6.76. The Bertz CT molecular complexity index is 1290. The fourth-order valence-electron chi connectivity index (χ4n) is 7.22. The standard InChI is InChI=1S/C28H32FN5O2/c29-23-24(20-4-1-5-21(35)13-20)30-14-22-25(23)31-27(36-17-28-8-2-10-34(28)11-3-9-28)32-26(22)33-15-18-6-7-19(12-18)16-33/h1,4-5,13-14,18-19,35H,2-3,6-12,15-17H2. The molecular weight excluding hydrogens is 457 g/mol. The van der Waals surface area contributed by atoms with Crippen molar-refractivity contribution in [2.24, 2.45) is 11.8 Å². The second kappa shape index (κ2) is 8.54. The van der Waals surface area contributed by atoms with Gasteiger partial charge in [0.1, 0.15) is 29.4 Å². The molecule has 7 rings (SSSR count). The third-order valence-electron chi connectivity index (χ3n) is 8.95. The van der Waals surface area contributed by atoms with E-state index in [1.807, 2.05) is 0 Å². The van der Waals surface area contributed by atoms with Gasteiger partial charge in [-0.05, 0) is 82.0 Å². The molecule has 1 N–H and O–H groups in total. The molecule has 7 nitrogen and oxygen atoms in total. The summed E-state index contributed by atoms with van der Waals surface area (Å²) >= 11 is 0. The van der Waals surface area contributed by atoms with Crippen LogP contribution in [0, 0.1) is 17.7 Å². The van der Waals surface area contributed by atoms with E-state index in [-0.39, 0.29) is 28.5 Å². The number of nitrogens with zero attached hydrogens (tertiary/aromatic N) is 5. The van der Waals surface area contributed by atoms with Gasteiger partial charge in [0.25, 0.3) is 0 Å². The summed E-state index contributed by atoms with van der Waals surface area (Å²) in [7, 11) is 0. The first kappa shape index (κ1) is 22.2. The number of rotatable bonds is 5. The minimum Gasteiger partial charge on any atom is -0.508 e. The molecule has 0 amide bonds. The minimum absolute atomic E-state index is 0.0617. The van der Waals surface area contributed by atoms with Crippen LogP contribution in [0.2, 0.25) is 0 Å². The summed E-state index contributed by atoms with van der Waals surface area (Å²) in [6.45, 7) is 4.63. The number of anilines is 1. The monoisotopic (exact) mass is 489 g/mol. The van der Waals surface area contributed by atoms with Crippen LogP contribution in [0.3, 0.4) is 0 Å². The van der Waals surface area contributed by atoms with Gasteiger partial charge in [-0.3, -0.25) is 9.88 Å². The highest BCUT2D eigenvalue weighted by atomic mass is 19.1. The summed E-state index contributed by atoms with van der Waals surface area (Å²) in [4.78, 5) is 18.8. The van der Waals surface area contributed by atoms with Crippen molar-refractivity contribution in [1.29, 1.82) is 0 Å². The predicted molar refractivity (Wildman–Crippen MR) is 136 cm³/mol. The van der Waals surface area contributed by atoms with Crippen LogP contribution in [-0.2, 0) is 0 Å². The van der Waals surface area contributed by atoms with E-state index >= 15 is 4.39 Å². The Morgan fingerprint density at radius 1 is 1.08 bits per heavy atom. The van der Waals surface area contributed by atoms with Crippen LogP contribution >= 0.6 is 0 Å². The highest BCUT2D eigenvalue weighted by Crippen LogP contribution is 2.42. The molecule has 0 spiro atoms. The number of halogens is 1. The van der Waals surface area contributed by atoms with Crippen molar-refractivity contribution >= 4 is 16.7 Å². The summed E-state index contributed by atoms with van der Waals surface area (Å²) in [5.41, 5.74) is 0.976. The number of phenolic OH excluding ortho intramolecular Hbond substituents is 1. The van der Waals surface area contributed by atoms with Crippen LogP contribution in [0.25, 0.3) is 22.2 Å². The first-order valence-electron chi connectivity index (χ1n) is 13.4. The molecule has 4 aliphatic rings. The smallest absolute Gasteiger partial charge is 0.319 e. The van der Waals surface area contributed by atoms with E-state index < -0.39 is 5.82 Å². The van der Waals surface area contributed by atoms with Crippen molar-refractivity contribution in [1.82, 2.24) is 19.9 Å². The first-order valence-corrected chi connectivity index (χ1v) is 13.4. The fourth-order valence-corrected chi connectivity index (χ4v) is 7.22. The molecule has 2 aromatic heterocycles. The predicted octanol–water partition coefficient (Wildman–Crippen LogP) is 4.78. The molecule has 1 saturated carbocycles. The van der Waals surface area contributed by atoms with E-state index in [1.54, 1.807) is 24.4 Å². The Labute approximate surface area is 210 Å². The molecule has 3 aliphatic heterocycles. The molecule has 2 unspecified atom stereocenters. The molecule has 1 aromatic carbocycles. The van der Waals surface area contributed by atoms with Crippen molar-refractivity contribution < 1.29 is 14.2 Å². The van der Waals surface area contributed by atoms with Crippen LogP contribution < -0.4 is 9.64 Å². The van der Waals surface area contributed by atoms with Crippen LogP contribution in [0.4, 0.5) is 10.2 Å². The van der Waals surface area contributed by atoms with Gasteiger partial charge in [-0.2, -0.15) is 9.97 Å². The zero-order chi connectivity index (χ0) is 24.3. The van der Waals surface area contributed by atoms with E-state index in [2.05, 4.69) is 19.8 Å². The first-order chi connectivity index (χ1) is 17.6. The van der Waals surface area contributed by atoms with Crippen LogP contribution in [0.5, 0.6) is 11.8 Å². The van der Waals surface area contributed by atoms with E-state index in [1.165, 1.54) is 38.2 Å². The van der Waals surface area contributed by atoms with Crippen molar-refractivity contribution in [3.63, 3.8) is 0 Å². The van der Waals surface area contributed by atoms with Gasteiger partial charge in [0.05, 0.1) is 10.9 Å². The Kier molecular flexibility index (Phi) is 5.27. The molecule has 8 heteroatoms. The van der Waals surface area contributed by atoms with E-state index in [0.717, 1.165) is 44.8 Å². The minimum atomic E-state index is -0.506. The number of hydrogen-bond acceptors (Lipinski definition) is 7. The SMILES string of the molecule is Oc1cccc(-c2ncc3c(N4CC5CCC(C5)C4)nc(OCC45CCCN4CCC5)nc3c2F)c1. The fraction of sp³-hybridized carbons (Fsp3) is 0.536. The van der Waals surface area contributed by atoms with Crippen molar-refractivity contribution in [2.45, 2.75) is 50.5 Å². The van der Waals surface area contributed by atoms with Gasteiger partial charge < -0.3 is 14.7 Å². The zero-order valence-corrected chi connectivity index (χ0v) is 20.5. The lowest BCUT2D eigenvalue weighted by molar-refractivity contribution is 0.108. The molecule has 3 aromatic rings. The van der Waals surface area contributed by atoms with Gasteiger partial charge in [-0.15, -0.1) is 0 Å². The van der Waals surface area contributed by atoms with E-state index in [0.29, 0.717) is 29.4 Å². The van der Waals surface area contributed by atoms with Gasteiger partial charge >= 0.3 is 6.01 Å². The normalized spacial score (nSPS) is 25.0. The van der Waals surface area contributed by atoms with E-state index in [9.17, 15) is 5.11 Å². The largest absolute Gasteiger partial charge is 0.508 e. The van der Waals surface area contributed by atoms with Crippen LogP contribution in [0.15, 0.2) is 30.5 Å². The van der Waals surface area contributed by atoms with E-state index in [4.69, 9.17) is 9.72 Å². The summed E-state index contributed by atoms with van der Waals surface area (Å²) < 4.78 is 22.3. The quantitative estimate of drug-likeness (QED) is 0.553.